The molecule has 0 N–H and O–H groups in total. The molecular weight excluding hydrogens is 160 g/mol. The van der Waals surface area contributed by atoms with Crippen LogP contribution in [0.4, 0.5) is 8.39 Å². The van der Waals surface area contributed by atoms with E-state index in [1.807, 2.05) is 0 Å². The standard InChI is InChI=1S/C5H12F2P2/c1-4-5(2)9(6,7)8-3/h5,9H,3-4H2,1-2H3. The topological polar surface area (TPSA) is 0 Å². The Bertz CT molecular complexity index is 103. The summed E-state index contributed by atoms with van der Waals surface area (Å²) in [6, 6.07) is 0. The zero-order valence-corrected chi connectivity index (χ0v) is 7.59. The van der Waals surface area contributed by atoms with Crippen LogP contribution in [0, 0.1) is 0 Å². The van der Waals surface area contributed by atoms with Crippen molar-refractivity contribution in [3.8, 4) is 0 Å². The zero-order chi connectivity index (χ0) is 7.49. The normalized spacial score (nSPS) is 17.8. The Kier molecular flexibility index (Phi) is 3.77. The van der Waals surface area contributed by atoms with E-state index in [1.165, 1.54) is 0 Å². The summed E-state index contributed by atoms with van der Waals surface area (Å²) < 4.78 is 25.2. The third kappa shape index (κ3) is 2.69. The first-order chi connectivity index (χ1) is 4.04. The maximum atomic E-state index is 12.6. The summed E-state index contributed by atoms with van der Waals surface area (Å²) in [6.07, 6.45) is 3.78. The van der Waals surface area contributed by atoms with Gasteiger partial charge in [-0.25, -0.2) is 0 Å². The quantitative estimate of drug-likeness (QED) is 0.570. The number of hydrogen-bond donors (Lipinski definition) is 0. The molecule has 0 amide bonds. The molecule has 0 aromatic heterocycles. The van der Waals surface area contributed by atoms with Crippen molar-refractivity contribution < 1.29 is 8.39 Å². The van der Waals surface area contributed by atoms with Crippen LogP contribution in [0.3, 0.4) is 0 Å². The van der Waals surface area contributed by atoms with Crippen LogP contribution in [0.5, 0.6) is 0 Å². The second-order valence-electron chi connectivity index (χ2n) is 2.06. The van der Waals surface area contributed by atoms with E-state index in [4.69, 9.17) is 0 Å². The fourth-order valence-corrected chi connectivity index (χ4v) is 2.69. The van der Waals surface area contributed by atoms with Gasteiger partial charge in [-0.05, 0) is 0 Å². The van der Waals surface area contributed by atoms with Gasteiger partial charge in [0, 0.05) is 0 Å². The Morgan fingerprint density at radius 3 is 2.22 bits per heavy atom. The summed E-state index contributed by atoms with van der Waals surface area (Å²) in [4.78, 5) is 0. The summed E-state index contributed by atoms with van der Waals surface area (Å²) in [5.41, 5.74) is -0.406. The first-order valence-electron chi connectivity index (χ1n) is 2.90. The van der Waals surface area contributed by atoms with Crippen molar-refractivity contribution in [2.24, 2.45) is 0 Å². The van der Waals surface area contributed by atoms with E-state index < -0.39 is 13.2 Å². The molecule has 0 aromatic rings. The van der Waals surface area contributed by atoms with Gasteiger partial charge in [-0.1, -0.05) is 0 Å². The molecule has 0 nitrogen and oxygen atoms in total. The van der Waals surface area contributed by atoms with Gasteiger partial charge >= 0.3 is 56.1 Å². The van der Waals surface area contributed by atoms with Gasteiger partial charge in [0.05, 0.1) is 0 Å². The summed E-state index contributed by atoms with van der Waals surface area (Å²) >= 11 is 0. The van der Waals surface area contributed by atoms with Crippen LogP contribution in [-0.2, 0) is 0 Å². The van der Waals surface area contributed by atoms with Crippen LogP contribution in [0.15, 0.2) is 0 Å². The molecule has 56 valence electrons. The fraction of sp³-hybridized carbons (Fsp3) is 0.800. The van der Waals surface area contributed by atoms with Crippen molar-refractivity contribution in [1.82, 2.24) is 0 Å². The molecule has 0 bridgehead atoms. The van der Waals surface area contributed by atoms with Crippen LogP contribution in [0.2, 0.25) is 0 Å². The molecule has 4 heteroatoms. The van der Waals surface area contributed by atoms with Crippen molar-refractivity contribution >= 4 is 21.8 Å². The average molecular weight is 172 g/mol. The van der Waals surface area contributed by atoms with Crippen molar-refractivity contribution in [1.29, 1.82) is 0 Å². The molecule has 0 rings (SSSR count). The second-order valence-corrected chi connectivity index (χ2v) is 7.27. The van der Waals surface area contributed by atoms with Crippen molar-refractivity contribution in [3.05, 3.63) is 0 Å². The van der Waals surface area contributed by atoms with Gasteiger partial charge in [-0.3, -0.25) is 0 Å². The predicted octanol–water partition coefficient (Wildman–Crippen LogP) is 3.60. The van der Waals surface area contributed by atoms with Gasteiger partial charge in [0.25, 0.3) is 0 Å². The van der Waals surface area contributed by atoms with E-state index in [9.17, 15) is 8.39 Å². The van der Waals surface area contributed by atoms with Gasteiger partial charge in [0.15, 0.2) is 0 Å². The molecule has 0 aliphatic rings. The summed E-state index contributed by atoms with van der Waals surface area (Å²) in [5, 5.41) is 0. The average Bonchev–Trinajstić information content (AvgIpc) is 1.86. The van der Waals surface area contributed by atoms with E-state index >= 15 is 0 Å². The molecule has 0 spiro atoms. The molecule has 0 aliphatic carbocycles. The Morgan fingerprint density at radius 1 is 1.67 bits per heavy atom. The van der Waals surface area contributed by atoms with Crippen LogP contribution in [0.1, 0.15) is 20.3 Å². The molecule has 0 radical (unpaired) electrons. The number of rotatable bonds is 3. The van der Waals surface area contributed by atoms with Gasteiger partial charge < -0.3 is 0 Å². The van der Waals surface area contributed by atoms with E-state index in [0.29, 0.717) is 6.42 Å². The Morgan fingerprint density at radius 2 is 2.11 bits per heavy atom. The summed E-state index contributed by atoms with van der Waals surface area (Å²) in [7, 11) is -3.85. The predicted molar refractivity (Wildman–Crippen MR) is 44.3 cm³/mol. The van der Waals surface area contributed by atoms with Crippen LogP contribution >= 0.6 is 15.5 Å². The molecule has 1 unspecified atom stereocenters. The SMILES string of the molecule is C=P[PH](F)(F)C(C)CC. The molecular formula is C5H12F2P2. The Balaban J connectivity index is 3.95. The molecule has 0 heterocycles. The van der Waals surface area contributed by atoms with Gasteiger partial charge in [-0.2, -0.15) is 0 Å². The van der Waals surface area contributed by atoms with Gasteiger partial charge in [-0.15, -0.1) is 0 Å². The van der Waals surface area contributed by atoms with Crippen LogP contribution in [-0.4, -0.2) is 12.0 Å². The minimum absolute atomic E-state index is 0.0712. The molecule has 0 saturated heterocycles. The van der Waals surface area contributed by atoms with Crippen molar-refractivity contribution in [3.63, 3.8) is 0 Å². The van der Waals surface area contributed by atoms with E-state index in [-0.39, 0.29) is 7.89 Å². The molecule has 1 atom stereocenters. The third-order valence-electron chi connectivity index (χ3n) is 1.42. The molecule has 0 aliphatic heterocycles. The van der Waals surface area contributed by atoms with Crippen LogP contribution in [0.25, 0.3) is 0 Å². The van der Waals surface area contributed by atoms with E-state index in [0.717, 1.165) is 0 Å². The first kappa shape index (κ1) is 9.46. The monoisotopic (exact) mass is 172 g/mol. The zero-order valence-electron chi connectivity index (χ0n) is 5.69. The second kappa shape index (κ2) is 3.58. The number of halogens is 2. The first-order valence-corrected chi connectivity index (χ1v) is 6.65. The van der Waals surface area contributed by atoms with Crippen LogP contribution < -0.4 is 0 Å². The molecule has 0 saturated carbocycles. The van der Waals surface area contributed by atoms with Gasteiger partial charge in [0.1, 0.15) is 0 Å². The van der Waals surface area contributed by atoms with E-state index in [2.05, 4.69) is 6.30 Å². The van der Waals surface area contributed by atoms with E-state index in [1.54, 1.807) is 13.8 Å². The number of hydrogen-bond acceptors (Lipinski definition) is 0. The molecule has 9 heavy (non-hydrogen) atoms. The summed E-state index contributed by atoms with van der Waals surface area (Å²) in [5.74, 6) is 0. The summed E-state index contributed by atoms with van der Waals surface area (Å²) in [6.45, 7) is 3.39. The Hall–Kier alpha value is 0.460. The fourth-order valence-electron chi connectivity index (χ4n) is 0.401. The molecule has 0 fully saturated rings. The maximum absolute atomic E-state index is 12.6. The van der Waals surface area contributed by atoms with Crippen molar-refractivity contribution in [2.45, 2.75) is 25.9 Å². The molecule has 0 aromatic carbocycles. The minimum atomic E-state index is -3.92. The van der Waals surface area contributed by atoms with Gasteiger partial charge in [0.2, 0.25) is 0 Å². The Labute approximate surface area is 56.9 Å². The van der Waals surface area contributed by atoms with Crippen molar-refractivity contribution in [2.75, 3.05) is 0 Å². The third-order valence-corrected chi connectivity index (χ3v) is 6.02.